The molecule has 0 aromatic rings. The van der Waals surface area contributed by atoms with Gasteiger partial charge in [0.05, 0.1) is 178 Å². The Morgan fingerprint density at radius 2 is 0.667 bits per heavy atom. The average molecular weight is 1200 g/mol. The molecule has 0 fully saturated rings. The first-order valence-electron chi connectivity index (χ1n) is 28.7. The summed E-state index contributed by atoms with van der Waals surface area (Å²) in [7, 11) is 0. The highest BCUT2D eigenvalue weighted by atomic mass is 16.6. The predicted molar refractivity (Wildman–Crippen MR) is 306 cm³/mol. The maximum Gasteiger partial charge on any atom is 0.303 e. The van der Waals surface area contributed by atoms with Crippen molar-refractivity contribution in [3.05, 3.63) is 0 Å². The highest BCUT2D eigenvalue weighted by Gasteiger charge is 2.24. The molecule has 482 valence electrons. The Kier molecular flexibility index (Phi) is 60.0. The fourth-order valence-electron chi connectivity index (χ4n) is 6.60. The topological polar surface area (TPSA) is 312 Å². The zero-order chi connectivity index (χ0) is 61.3. The number of carboxylic acid groups (broad SMARTS) is 1. The van der Waals surface area contributed by atoms with E-state index in [2.05, 4.69) is 39.0 Å². The lowest BCUT2D eigenvalue weighted by atomic mass is 10.1. The second-order valence-corrected chi connectivity index (χ2v) is 17.6. The molecule has 0 aliphatic carbocycles. The van der Waals surface area contributed by atoms with E-state index >= 15 is 0 Å². The molecule has 5 amide bonds. The maximum absolute atomic E-state index is 13.9. The number of hydrogen-bond donors (Lipinski definition) is 5. The normalized spacial score (nSPS) is 11.3. The fourth-order valence-corrected chi connectivity index (χ4v) is 6.60. The first kappa shape index (κ1) is 78.9. The Morgan fingerprint density at radius 1 is 0.357 bits per heavy atom. The quantitative estimate of drug-likeness (QED) is 0.0375. The van der Waals surface area contributed by atoms with Gasteiger partial charge in [-0.05, 0) is 19.3 Å². The first-order chi connectivity index (χ1) is 41.1. The Balaban J connectivity index is 5.14. The summed E-state index contributed by atoms with van der Waals surface area (Å²) in [6, 6.07) is -1.10. The van der Waals surface area contributed by atoms with Crippen molar-refractivity contribution in [3.8, 4) is 37.0 Å². The van der Waals surface area contributed by atoms with Gasteiger partial charge in [-0.2, -0.15) is 0 Å². The van der Waals surface area contributed by atoms with Crippen LogP contribution in [0.15, 0.2) is 0 Å². The van der Waals surface area contributed by atoms with Gasteiger partial charge in [0.1, 0.15) is 25.9 Å². The number of amides is 5. The lowest BCUT2D eigenvalue weighted by Crippen LogP contribution is -2.48. The highest BCUT2D eigenvalue weighted by Crippen LogP contribution is 2.06. The lowest BCUT2D eigenvalue weighted by molar-refractivity contribution is -0.137. The third-order valence-corrected chi connectivity index (χ3v) is 10.9. The minimum absolute atomic E-state index is 0.00369. The summed E-state index contributed by atoms with van der Waals surface area (Å²) < 4.78 is 81.0. The van der Waals surface area contributed by atoms with Gasteiger partial charge in [-0.25, -0.2) is 0 Å². The molecule has 84 heavy (non-hydrogen) atoms. The van der Waals surface area contributed by atoms with Gasteiger partial charge >= 0.3 is 5.97 Å². The van der Waals surface area contributed by atoms with Crippen molar-refractivity contribution in [3.63, 3.8) is 0 Å². The molecule has 0 aliphatic rings. The number of carboxylic acids is 1. The van der Waals surface area contributed by atoms with Crippen LogP contribution in [0.25, 0.3) is 0 Å². The lowest BCUT2D eigenvalue weighted by Gasteiger charge is -2.25. The summed E-state index contributed by atoms with van der Waals surface area (Å²) in [5.74, 6) is 4.22. The van der Waals surface area contributed by atoms with E-state index in [9.17, 15) is 28.8 Å². The molecule has 0 rings (SSSR count). The van der Waals surface area contributed by atoms with Gasteiger partial charge in [0.25, 0.3) is 0 Å². The molecule has 0 aliphatic heterocycles. The van der Waals surface area contributed by atoms with Gasteiger partial charge in [0, 0.05) is 64.8 Å². The minimum Gasteiger partial charge on any atom is -0.481 e. The van der Waals surface area contributed by atoms with Gasteiger partial charge in [0.15, 0.2) is 0 Å². The molecule has 27 nitrogen and oxygen atoms in total. The Hall–Kier alpha value is -5.10. The number of rotatable bonds is 65. The van der Waals surface area contributed by atoms with Crippen LogP contribution < -0.4 is 21.3 Å². The van der Waals surface area contributed by atoms with E-state index in [4.69, 9.17) is 95.4 Å². The SMILES string of the molecule is C#CCOCCOCCOCCOCCOCCC(=O)NCCN(CCNC(=O)CCOCCOCCOCCOCCOCC#C)C(=O)CC[C@H](NC(=O)CCOCCOCCOCCOCCOCC#C)C(=O)NCCCCCC(=O)O. The van der Waals surface area contributed by atoms with Gasteiger partial charge in [0.2, 0.25) is 29.5 Å². The van der Waals surface area contributed by atoms with E-state index in [0.717, 1.165) is 0 Å². The number of carbonyl (C=O) groups is 6. The third-order valence-electron chi connectivity index (χ3n) is 10.9. The van der Waals surface area contributed by atoms with Crippen LogP contribution in [-0.4, -0.2) is 282 Å². The minimum atomic E-state index is -1.10. The van der Waals surface area contributed by atoms with E-state index in [0.29, 0.717) is 151 Å². The van der Waals surface area contributed by atoms with E-state index in [1.807, 2.05) is 0 Å². The summed E-state index contributed by atoms with van der Waals surface area (Å²) in [4.78, 5) is 78.3. The second kappa shape index (κ2) is 63.9. The number of nitrogens with zero attached hydrogens (tertiary/aromatic N) is 1. The molecule has 27 heteroatoms. The number of carbonyl (C=O) groups excluding carboxylic acids is 5. The zero-order valence-electron chi connectivity index (χ0n) is 49.4. The van der Waals surface area contributed by atoms with E-state index in [1.165, 1.54) is 4.90 Å². The number of terminal acetylenes is 3. The summed E-state index contributed by atoms with van der Waals surface area (Å²) in [5.41, 5.74) is 0. The highest BCUT2D eigenvalue weighted by molar-refractivity contribution is 5.88. The number of aliphatic carboxylic acids is 1. The summed E-state index contributed by atoms with van der Waals surface area (Å²) in [5, 5.41) is 20.0. The monoisotopic (exact) mass is 1200 g/mol. The third kappa shape index (κ3) is 58.7. The van der Waals surface area contributed by atoms with Gasteiger partial charge in [-0.1, -0.05) is 24.2 Å². The van der Waals surface area contributed by atoms with Crippen LogP contribution in [0.5, 0.6) is 0 Å². The maximum atomic E-state index is 13.9. The van der Waals surface area contributed by atoms with Gasteiger partial charge in [-0.3, -0.25) is 28.8 Å². The Morgan fingerprint density at radius 3 is 0.988 bits per heavy atom. The number of hydrogen-bond acceptors (Lipinski definition) is 21. The van der Waals surface area contributed by atoms with Crippen molar-refractivity contribution in [1.29, 1.82) is 0 Å². The molecule has 0 heterocycles. The summed E-state index contributed by atoms with van der Waals surface area (Å²) in [6.07, 6.45) is 16.7. The van der Waals surface area contributed by atoms with E-state index < -0.39 is 29.7 Å². The van der Waals surface area contributed by atoms with Crippen molar-refractivity contribution in [2.75, 3.05) is 231 Å². The van der Waals surface area contributed by atoms with Crippen molar-refractivity contribution < 1.29 is 105 Å². The fraction of sp³-hybridized carbons (Fsp3) is 0.789. The molecule has 1 atom stereocenters. The molecule has 5 N–H and O–H groups in total. The number of unbranched alkanes of at least 4 members (excludes halogenated alkanes) is 2. The molecule has 0 saturated heterocycles. The standard InChI is InChI=1S/C57H97N5O22/c1-4-21-70-27-33-76-39-45-82-48-42-79-36-30-73-24-13-52(63)58-17-19-62(20-18-59-53(64)14-25-74-31-37-80-43-49-83-46-40-77-34-28-71-22-5-2)55(66)12-11-51(57(69)60-16-9-7-8-10-56(67)68)61-54(65)15-26-75-32-38-81-44-50-84-47-41-78-35-29-72-23-6-3/h1-3,51H,7-50H2,(H,58,63)(H,59,64)(H,60,69)(H,61,65)(H,67,68)/t51-/m0/s1. The van der Waals surface area contributed by atoms with E-state index in [-0.39, 0.29) is 149 Å². The van der Waals surface area contributed by atoms with Crippen LogP contribution in [0, 0.1) is 37.0 Å². The molecule has 0 aromatic heterocycles. The summed E-state index contributed by atoms with van der Waals surface area (Å²) >= 11 is 0. The molecule has 0 aromatic carbocycles. The van der Waals surface area contributed by atoms with Crippen molar-refractivity contribution in [2.45, 2.75) is 63.8 Å². The van der Waals surface area contributed by atoms with Gasteiger partial charge in [-0.15, -0.1) is 19.3 Å². The number of nitrogens with one attached hydrogen (secondary N) is 4. The van der Waals surface area contributed by atoms with Crippen LogP contribution in [-0.2, 0) is 99.8 Å². The molecule has 0 saturated carbocycles. The van der Waals surface area contributed by atoms with Crippen molar-refractivity contribution >= 4 is 35.5 Å². The van der Waals surface area contributed by atoms with Crippen LogP contribution in [0.2, 0.25) is 0 Å². The first-order valence-corrected chi connectivity index (χ1v) is 28.7. The van der Waals surface area contributed by atoms with Crippen LogP contribution in [0.4, 0.5) is 0 Å². The zero-order valence-corrected chi connectivity index (χ0v) is 49.4. The van der Waals surface area contributed by atoms with Gasteiger partial charge < -0.3 is 102 Å². The molecular weight excluding hydrogens is 1110 g/mol. The Bertz CT molecular complexity index is 1690. The number of ether oxygens (including phenoxy) is 15. The van der Waals surface area contributed by atoms with Crippen molar-refractivity contribution in [2.24, 2.45) is 0 Å². The molecular formula is C57H97N5O22. The van der Waals surface area contributed by atoms with Crippen LogP contribution >= 0.6 is 0 Å². The van der Waals surface area contributed by atoms with Crippen LogP contribution in [0.1, 0.15) is 57.8 Å². The van der Waals surface area contributed by atoms with Crippen LogP contribution in [0.3, 0.4) is 0 Å². The second-order valence-electron chi connectivity index (χ2n) is 17.6. The smallest absolute Gasteiger partial charge is 0.303 e. The Labute approximate surface area is 497 Å². The molecule has 0 unspecified atom stereocenters. The molecule has 0 radical (unpaired) electrons. The molecule has 0 spiro atoms. The van der Waals surface area contributed by atoms with Crippen molar-refractivity contribution in [1.82, 2.24) is 26.2 Å². The average Bonchev–Trinajstić information content (AvgIpc) is 3.48. The molecule has 0 bridgehead atoms. The predicted octanol–water partition coefficient (Wildman–Crippen LogP) is -0.608. The largest absolute Gasteiger partial charge is 0.481 e. The van der Waals surface area contributed by atoms with E-state index in [1.54, 1.807) is 0 Å². The summed E-state index contributed by atoms with van der Waals surface area (Å²) in [6.45, 7) is 10.3.